The maximum atomic E-state index is 12.1. The van der Waals surface area contributed by atoms with E-state index < -0.39 is 0 Å². The topological polar surface area (TPSA) is 62.3 Å². The van der Waals surface area contributed by atoms with Gasteiger partial charge in [0.15, 0.2) is 0 Å². The summed E-state index contributed by atoms with van der Waals surface area (Å²) in [6.07, 6.45) is 3.36. The third-order valence-corrected chi connectivity index (χ3v) is 3.71. The molecule has 5 nitrogen and oxygen atoms in total. The van der Waals surface area contributed by atoms with Crippen molar-refractivity contribution in [3.8, 4) is 0 Å². The molecule has 0 spiro atoms. The summed E-state index contributed by atoms with van der Waals surface area (Å²) in [6, 6.07) is 13.2. The van der Waals surface area contributed by atoms with Crippen LogP contribution in [0.5, 0.6) is 0 Å². The van der Waals surface area contributed by atoms with Crippen molar-refractivity contribution in [3.63, 3.8) is 0 Å². The first-order valence-corrected chi connectivity index (χ1v) is 7.55. The van der Waals surface area contributed by atoms with E-state index in [4.69, 9.17) is 0 Å². The maximum Gasteiger partial charge on any atom is 0.239 e. The van der Waals surface area contributed by atoms with Gasteiger partial charge in [0, 0.05) is 25.9 Å². The number of hydrogen-bond acceptors (Lipinski definition) is 3. The van der Waals surface area contributed by atoms with Crippen LogP contribution in [0.4, 0.5) is 0 Å². The zero-order valence-corrected chi connectivity index (χ0v) is 13.4. The monoisotopic (exact) mass is 311 g/mol. The van der Waals surface area contributed by atoms with Crippen LogP contribution in [0.15, 0.2) is 54.9 Å². The van der Waals surface area contributed by atoms with Crippen LogP contribution >= 0.6 is 0 Å². The highest BCUT2D eigenvalue weighted by atomic mass is 16.2. The van der Waals surface area contributed by atoms with Gasteiger partial charge in [0.2, 0.25) is 11.8 Å². The Bertz CT molecular complexity index is 644. The number of nitrogens with zero attached hydrogens (tertiary/aromatic N) is 2. The van der Waals surface area contributed by atoms with Crippen molar-refractivity contribution in [3.05, 3.63) is 66.0 Å². The standard InChI is InChI=1S/C18H21N3O2/c1-14(17-6-4-3-5-7-17)21(15(2)22)13-18(23)20-12-16-8-10-19-11-9-16/h3-11,14H,12-13H2,1-2H3,(H,20,23). The molecule has 0 saturated carbocycles. The molecule has 0 saturated heterocycles. The smallest absolute Gasteiger partial charge is 0.239 e. The van der Waals surface area contributed by atoms with E-state index in [0.717, 1.165) is 11.1 Å². The summed E-state index contributed by atoms with van der Waals surface area (Å²) in [4.78, 5) is 29.6. The van der Waals surface area contributed by atoms with Gasteiger partial charge < -0.3 is 10.2 Å². The molecule has 1 unspecified atom stereocenters. The number of aromatic nitrogens is 1. The second-order valence-corrected chi connectivity index (χ2v) is 5.37. The molecule has 0 bridgehead atoms. The van der Waals surface area contributed by atoms with Crippen molar-refractivity contribution in [2.24, 2.45) is 0 Å². The predicted molar refractivity (Wildman–Crippen MR) is 88.3 cm³/mol. The maximum absolute atomic E-state index is 12.1. The predicted octanol–water partition coefficient (Wildman–Crippen LogP) is 2.31. The van der Waals surface area contributed by atoms with E-state index in [1.807, 2.05) is 49.4 Å². The van der Waals surface area contributed by atoms with Crippen LogP contribution in [0.2, 0.25) is 0 Å². The molecule has 1 atom stereocenters. The Labute approximate surface area is 136 Å². The molecule has 1 aromatic heterocycles. The highest BCUT2D eigenvalue weighted by molar-refractivity contribution is 5.84. The lowest BCUT2D eigenvalue weighted by molar-refractivity contribution is -0.136. The molecule has 2 rings (SSSR count). The summed E-state index contributed by atoms with van der Waals surface area (Å²) in [5, 5.41) is 2.83. The lowest BCUT2D eigenvalue weighted by Crippen LogP contribution is -2.40. The van der Waals surface area contributed by atoms with Crippen LogP contribution in [0.3, 0.4) is 0 Å². The van der Waals surface area contributed by atoms with Gasteiger partial charge in [-0.2, -0.15) is 0 Å². The minimum Gasteiger partial charge on any atom is -0.350 e. The van der Waals surface area contributed by atoms with Crippen molar-refractivity contribution in [2.45, 2.75) is 26.4 Å². The Balaban J connectivity index is 1.96. The molecule has 0 aliphatic rings. The number of carbonyl (C=O) groups excluding carboxylic acids is 2. The van der Waals surface area contributed by atoms with E-state index >= 15 is 0 Å². The van der Waals surface area contributed by atoms with Crippen molar-refractivity contribution in [1.29, 1.82) is 0 Å². The van der Waals surface area contributed by atoms with Gasteiger partial charge in [-0.15, -0.1) is 0 Å². The van der Waals surface area contributed by atoms with E-state index in [-0.39, 0.29) is 24.4 Å². The Kier molecular flexibility index (Phi) is 5.86. The summed E-state index contributed by atoms with van der Waals surface area (Å²) in [5.41, 5.74) is 1.98. The molecule has 1 aromatic carbocycles. The first-order chi connectivity index (χ1) is 11.1. The zero-order valence-electron chi connectivity index (χ0n) is 13.4. The van der Waals surface area contributed by atoms with E-state index in [2.05, 4.69) is 10.3 Å². The van der Waals surface area contributed by atoms with Crippen molar-refractivity contribution in [2.75, 3.05) is 6.54 Å². The van der Waals surface area contributed by atoms with E-state index in [0.29, 0.717) is 6.54 Å². The van der Waals surface area contributed by atoms with E-state index in [1.54, 1.807) is 17.3 Å². The average molecular weight is 311 g/mol. The Morgan fingerprint density at radius 1 is 1.13 bits per heavy atom. The molecular formula is C18H21N3O2. The summed E-state index contributed by atoms with van der Waals surface area (Å²) in [6.45, 7) is 3.87. The summed E-state index contributed by atoms with van der Waals surface area (Å²) in [7, 11) is 0. The van der Waals surface area contributed by atoms with Gasteiger partial charge in [-0.05, 0) is 30.2 Å². The molecule has 2 amide bonds. The SMILES string of the molecule is CC(=O)N(CC(=O)NCc1ccncc1)C(C)c1ccccc1. The van der Waals surface area contributed by atoms with Crippen molar-refractivity contribution < 1.29 is 9.59 Å². The van der Waals surface area contributed by atoms with Crippen LogP contribution in [-0.2, 0) is 16.1 Å². The molecule has 0 radical (unpaired) electrons. The lowest BCUT2D eigenvalue weighted by Gasteiger charge is -2.28. The van der Waals surface area contributed by atoms with Crippen molar-refractivity contribution in [1.82, 2.24) is 15.2 Å². The summed E-state index contributed by atoms with van der Waals surface area (Å²) in [5.74, 6) is -0.305. The minimum absolute atomic E-state index is 0.0382. The number of rotatable bonds is 6. The quantitative estimate of drug-likeness (QED) is 0.890. The van der Waals surface area contributed by atoms with Crippen LogP contribution < -0.4 is 5.32 Å². The fourth-order valence-corrected chi connectivity index (χ4v) is 2.34. The first kappa shape index (κ1) is 16.7. The fourth-order valence-electron chi connectivity index (χ4n) is 2.34. The number of amides is 2. The number of carbonyl (C=O) groups is 2. The molecule has 1 heterocycles. The van der Waals surface area contributed by atoms with Gasteiger partial charge in [0.1, 0.15) is 6.54 Å². The average Bonchev–Trinajstić information content (AvgIpc) is 2.58. The third-order valence-electron chi connectivity index (χ3n) is 3.71. The molecule has 0 fully saturated rings. The minimum atomic E-state index is -0.181. The molecule has 5 heteroatoms. The van der Waals surface area contributed by atoms with Crippen molar-refractivity contribution >= 4 is 11.8 Å². The van der Waals surface area contributed by atoms with Gasteiger partial charge in [0.25, 0.3) is 0 Å². The largest absolute Gasteiger partial charge is 0.350 e. The van der Waals surface area contributed by atoms with Gasteiger partial charge >= 0.3 is 0 Å². The fraction of sp³-hybridized carbons (Fsp3) is 0.278. The number of benzene rings is 1. The van der Waals surface area contributed by atoms with Gasteiger partial charge in [-0.25, -0.2) is 0 Å². The summed E-state index contributed by atoms with van der Waals surface area (Å²) < 4.78 is 0. The van der Waals surface area contributed by atoms with Gasteiger partial charge in [-0.3, -0.25) is 14.6 Å². The van der Waals surface area contributed by atoms with Gasteiger partial charge in [0.05, 0.1) is 6.04 Å². The Morgan fingerprint density at radius 3 is 2.39 bits per heavy atom. The first-order valence-electron chi connectivity index (χ1n) is 7.55. The molecule has 1 N–H and O–H groups in total. The Hall–Kier alpha value is -2.69. The Morgan fingerprint density at radius 2 is 1.78 bits per heavy atom. The molecule has 0 aliphatic heterocycles. The van der Waals surface area contributed by atoms with Crippen LogP contribution in [-0.4, -0.2) is 28.2 Å². The van der Waals surface area contributed by atoms with Crippen LogP contribution in [0.1, 0.15) is 31.0 Å². The van der Waals surface area contributed by atoms with Gasteiger partial charge in [-0.1, -0.05) is 30.3 Å². The van der Waals surface area contributed by atoms with Crippen LogP contribution in [0.25, 0.3) is 0 Å². The second-order valence-electron chi connectivity index (χ2n) is 5.37. The van der Waals surface area contributed by atoms with E-state index in [1.165, 1.54) is 6.92 Å². The third kappa shape index (κ3) is 4.92. The highest BCUT2D eigenvalue weighted by Crippen LogP contribution is 2.19. The molecule has 0 aliphatic carbocycles. The number of pyridine rings is 1. The number of hydrogen-bond donors (Lipinski definition) is 1. The van der Waals surface area contributed by atoms with E-state index in [9.17, 15) is 9.59 Å². The second kappa shape index (κ2) is 8.08. The normalized spacial score (nSPS) is 11.6. The molecule has 23 heavy (non-hydrogen) atoms. The molecule has 2 aromatic rings. The molecular weight excluding hydrogens is 290 g/mol. The van der Waals surface area contributed by atoms with Crippen LogP contribution in [0, 0.1) is 0 Å². The zero-order chi connectivity index (χ0) is 16.7. The summed E-state index contributed by atoms with van der Waals surface area (Å²) >= 11 is 0. The highest BCUT2D eigenvalue weighted by Gasteiger charge is 2.20. The lowest BCUT2D eigenvalue weighted by atomic mass is 10.1. The number of nitrogens with one attached hydrogen (secondary N) is 1. The molecule has 120 valence electrons.